The molecule has 0 atom stereocenters. The molecule has 0 aliphatic carbocycles. The summed E-state index contributed by atoms with van der Waals surface area (Å²) in [6, 6.07) is 17.3. The van der Waals surface area contributed by atoms with Crippen LogP contribution in [0, 0.1) is 0 Å². The summed E-state index contributed by atoms with van der Waals surface area (Å²) in [6.07, 6.45) is 0. The molecule has 3 aromatic rings. The number of hydrogen-bond acceptors (Lipinski definition) is 2. The van der Waals surface area contributed by atoms with Crippen LogP contribution < -0.4 is 4.74 Å². The van der Waals surface area contributed by atoms with Crippen molar-refractivity contribution in [1.82, 2.24) is 0 Å². The van der Waals surface area contributed by atoms with Crippen LogP contribution in [0.25, 0.3) is 10.8 Å². The normalized spacial score (nSPS) is 10.7. The van der Waals surface area contributed by atoms with Crippen molar-refractivity contribution in [1.29, 1.82) is 0 Å². The molecule has 3 aromatic carbocycles. The van der Waals surface area contributed by atoms with E-state index in [1.165, 1.54) is 12.1 Å². The molecule has 3 rings (SSSR count). The minimum absolute atomic E-state index is 0.196. The Balaban J connectivity index is 1.90. The van der Waals surface area contributed by atoms with Crippen molar-refractivity contribution in [3.8, 4) is 5.75 Å². The Bertz CT molecular complexity index is 862. The van der Waals surface area contributed by atoms with Crippen molar-refractivity contribution in [2.75, 3.05) is 0 Å². The number of carbonyl (C=O) groups is 1. The summed E-state index contributed by atoms with van der Waals surface area (Å²) in [6.45, 7) is 0.394. The second-order valence-electron chi connectivity index (χ2n) is 5.00. The molecule has 1 N–H and O–H groups in total. The quantitative estimate of drug-likeness (QED) is 0.576. The molecule has 0 saturated heterocycles. The van der Waals surface area contributed by atoms with Gasteiger partial charge >= 0.3 is 5.97 Å². The highest BCUT2D eigenvalue weighted by Gasteiger charge is 2.13. The first-order valence-electron chi connectivity index (χ1n) is 6.88. The van der Waals surface area contributed by atoms with Gasteiger partial charge in [0, 0.05) is 0 Å². The Labute approximate surface area is 150 Å². The van der Waals surface area contributed by atoms with Crippen LogP contribution in [0.1, 0.15) is 15.9 Å². The van der Waals surface area contributed by atoms with Gasteiger partial charge in [-0.2, -0.15) is 0 Å². The molecule has 3 nitrogen and oxygen atoms in total. The largest absolute Gasteiger partial charge is 0.487 e. The summed E-state index contributed by atoms with van der Waals surface area (Å²) < 4.78 is 7.11. The van der Waals surface area contributed by atoms with E-state index in [9.17, 15) is 4.79 Å². The Kier molecular flexibility index (Phi) is 4.68. The number of carboxylic acids is 1. The molecule has 0 fully saturated rings. The maximum atomic E-state index is 11.1. The first-order valence-corrected chi connectivity index (χ1v) is 8.46. The molecule has 0 aromatic heterocycles. The van der Waals surface area contributed by atoms with Crippen molar-refractivity contribution < 1.29 is 14.6 Å². The minimum Gasteiger partial charge on any atom is -0.487 e. The average molecular weight is 436 g/mol. The maximum absolute atomic E-state index is 11.1. The van der Waals surface area contributed by atoms with Gasteiger partial charge in [-0.25, -0.2) is 4.79 Å². The van der Waals surface area contributed by atoms with Crippen molar-refractivity contribution in [2.24, 2.45) is 0 Å². The molecule has 0 saturated carbocycles. The molecule has 23 heavy (non-hydrogen) atoms. The number of carboxylic acid groups (broad SMARTS) is 1. The summed E-state index contributed by atoms with van der Waals surface area (Å²) in [4.78, 5) is 11.1. The van der Waals surface area contributed by atoms with Crippen molar-refractivity contribution in [2.45, 2.75) is 6.61 Å². The zero-order chi connectivity index (χ0) is 16.4. The molecule has 116 valence electrons. The standard InChI is InChI=1S/C18H12Br2O3/c19-15-8-13(18(21)22)9-16(20)17(15)23-10-12-6-3-5-11-4-1-2-7-14(11)12/h1-9H,10H2,(H,21,22). The van der Waals surface area contributed by atoms with Crippen LogP contribution in [0.2, 0.25) is 0 Å². The SMILES string of the molecule is O=C(O)c1cc(Br)c(OCc2cccc3ccccc23)c(Br)c1. The van der Waals surface area contributed by atoms with Crippen molar-refractivity contribution >= 4 is 48.6 Å². The smallest absolute Gasteiger partial charge is 0.335 e. The number of hydrogen-bond donors (Lipinski definition) is 1. The molecular formula is C18H12Br2O3. The number of ether oxygens (including phenoxy) is 1. The van der Waals surface area contributed by atoms with E-state index in [4.69, 9.17) is 9.84 Å². The van der Waals surface area contributed by atoms with Gasteiger partial charge in [0.1, 0.15) is 12.4 Å². The molecule has 5 heteroatoms. The summed E-state index contributed by atoms with van der Waals surface area (Å²) in [5.74, 6) is -0.394. The number of halogens is 2. The third-order valence-corrected chi connectivity index (χ3v) is 4.68. The molecule has 0 amide bonds. The van der Waals surface area contributed by atoms with E-state index in [2.05, 4.69) is 50.1 Å². The van der Waals surface area contributed by atoms with Gasteiger partial charge in [-0.1, -0.05) is 42.5 Å². The van der Waals surface area contributed by atoms with Crippen LogP contribution in [-0.4, -0.2) is 11.1 Å². The summed E-state index contributed by atoms with van der Waals surface area (Å²) in [7, 11) is 0. The second kappa shape index (κ2) is 6.72. The van der Waals surface area contributed by atoms with E-state index in [-0.39, 0.29) is 5.56 Å². The fourth-order valence-electron chi connectivity index (χ4n) is 2.39. The number of fused-ring (bicyclic) bond motifs is 1. The molecule has 0 aliphatic heterocycles. The van der Waals surface area contributed by atoms with Gasteiger partial charge in [-0.3, -0.25) is 0 Å². The predicted molar refractivity (Wildman–Crippen MR) is 97.1 cm³/mol. The molecule has 0 spiro atoms. The van der Waals surface area contributed by atoms with Gasteiger partial charge in [0.15, 0.2) is 0 Å². The lowest BCUT2D eigenvalue weighted by Crippen LogP contribution is -2.01. The zero-order valence-electron chi connectivity index (χ0n) is 11.9. The lowest BCUT2D eigenvalue weighted by molar-refractivity contribution is 0.0696. The van der Waals surface area contributed by atoms with Gasteiger partial charge in [-0.15, -0.1) is 0 Å². The number of aromatic carboxylic acids is 1. The maximum Gasteiger partial charge on any atom is 0.335 e. The summed E-state index contributed by atoms with van der Waals surface area (Å²) in [5.41, 5.74) is 1.27. The molecule has 0 radical (unpaired) electrons. The Morgan fingerprint density at radius 3 is 2.35 bits per heavy atom. The highest BCUT2D eigenvalue weighted by Crippen LogP contribution is 2.35. The Hall–Kier alpha value is -1.85. The highest BCUT2D eigenvalue weighted by atomic mass is 79.9. The monoisotopic (exact) mass is 434 g/mol. The summed E-state index contributed by atoms with van der Waals surface area (Å²) >= 11 is 6.74. The van der Waals surface area contributed by atoms with Crippen molar-refractivity contribution in [3.63, 3.8) is 0 Å². The molecular weight excluding hydrogens is 424 g/mol. The van der Waals surface area contributed by atoms with E-state index in [0.29, 0.717) is 21.3 Å². The van der Waals surface area contributed by atoms with Crippen LogP contribution in [0.3, 0.4) is 0 Å². The van der Waals surface area contributed by atoms with E-state index < -0.39 is 5.97 Å². The van der Waals surface area contributed by atoms with Crippen LogP contribution in [0.4, 0.5) is 0 Å². The zero-order valence-corrected chi connectivity index (χ0v) is 15.1. The van der Waals surface area contributed by atoms with Crippen LogP contribution in [0.15, 0.2) is 63.5 Å². The van der Waals surface area contributed by atoms with E-state index in [1.807, 2.05) is 24.3 Å². The van der Waals surface area contributed by atoms with Crippen LogP contribution in [-0.2, 0) is 6.61 Å². The van der Waals surface area contributed by atoms with E-state index in [0.717, 1.165) is 16.3 Å². The molecule has 0 bridgehead atoms. The summed E-state index contributed by atoms with van der Waals surface area (Å²) in [5, 5.41) is 11.4. The van der Waals surface area contributed by atoms with E-state index in [1.54, 1.807) is 0 Å². The lowest BCUT2D eigenvalue weighted by Gasteiger charge is -2.13. The number of benzene rings is 3. The highest BCUT2D eigenvalue weighted by molar-refractivity contribution is 9.11. The van der Waals surface area contributed by atoms with Gasteiger partial charge in [-0.05, 0) is 60.3 Å². The second-order valence-corrected chi connectivity index (χ2v) is 6.71. The lowest BCUT2D eigenvalue weighted by atomic mass is 10.1. The van der Waals surface area contributed by atoms with E-state index >= 15 is 0 Å². The minimum atomic E-state index is -0.980. The van der Waals surface area contributed by atoms with Gasteiger partial charge in [0.05, 0.1) is 14.5 Å². The Morgan fingerprint density at radius 1 is 1.00 bits per heavy atom. The van der Waals surface area contributed by atoms with Crippen LogP contribution >= 0.6 is 31.9 Å². The van der Waals surface area contributed by atoms with Gasteiger partial charge in [0.2, 0.25) is 0 Å². The first-order chi connectivity index (χ1) is 11.1. The first kappa shape index (κ1) is 16.0. The van der Waals surface area contributed by atoms with Gasteiger partial charge < -0.3 is 9.84 Å². The molecule has 0 aliphatic rings. The number of rotatable bonds is 4. The molecule has 0 heterocycles. The predicted octanol–water partition coefficient (Wildman–Crippen LogP) is 5.64. The average Bonchev–Trinajstić information content (AvgIpc) is 2.54. The fraction of sp³-hybridized carbons (Fsp3) is 0.0556. The Morgan fingerprint density at radius 2 is 1.65 bits per heavy atom. The molecule has 0 unspecified atom stereocenters. The topological polar surface area (TPSA) is 46.5 Å². The van der Waals surface area contributed by atoms with Crippen molar-refractivity contribution in [3.05, 3.63) is 74.7 Å². The third kappa shape index (κ3) is 3.41. The van der Waals surface area contributed by atoms with Gasteiger partial charge in [0.25, 0.3) is 0 Å². The third-order valence-electron chi connectivity index (χ3n) is 3.50. The van der Waals surface area contributed by atoms with Crippen LogP contribution in [0.5, 0.6) is 5.75 Å². The fourth-order valence-corrected chi connectivity index (χ4v) is 3.80.